The standard InChI is InChI=1S/C17H25NO3/c1-2-17-13-11-8-10(14(19)15(11)21-17)12(13)16(20)18(17)9-6-4-3-5-7-9/h9-15,19H,2-8H2,1H3. The van der Waals surface area contributed by atoms with E-state index in [9.17, 15) is 9.90 Å². The number of amides is 1. The smallest absolute Gasteiger partial charge is 0.229 e. The van der Waals surface area contributed by atoms with Gasteiger partial charge in [-0.2, -0.15) is 0 Å². The maximum Gasteiger partial charge on any atom is 0.229 e. The van der Waals surface area contributed by atoms with Crippen LogP contribution in [0.2, 0.25) is 0 Å². The molecule has 2 bridgehead atoms. The Morgan fingerprint density at radius 1 is 1.29 bits per heavy atom. The summed E-state index contributed by atoms with van der Waals surface area (Å²) < 4.78 is 6.47. The third-order valence-corrected chi connectivity index (χ3v) is 7.29. The predicted molar refractivity (Wildman–Crippen MR) is 76.2 cm³/mol. The van der Waals surface area contributed by atoms with Gasteiger partial charge < -0.3 is 14.7 Å². The molecular weight excluding hydrogens is 266 g/mol. The normalized spacial score (nSPS) is 55.0. The minimum absolute atomic E-state index is 0.00427. The highest BCUT2D eigenvalue weighted by atomic mass is 16.6. The van der Waals surface area contributed by atoms with Gasteiger partial charge in [0.2, 0.25) is 5.91 Å². The average Bonchev–Trinajstić information content (AvgIpc) is 3.16. The number of hydrogen-bond donors (Lipinski definition) is 1. The van der Waals surface area contributed by atoms with Crippen molar-refractivity contribution in [1.82, 2.24) is 4.90 Å². The lowest BCUT2D eigenvalue weighted by atomic mass is 9.76. The van der Waals surface area contributed by atoms with E-state index in [4.69, 9.17) is 4.74 Å². The van der Waals surface area contributed by atoms with Crippen molar-refractivity contribution in [2.24, 2.45) is 23.7 Å². The second kappa shape index (κ2) is 4.02. The van der Waals surface area contributed by atoms with Gasteiger partial charge in [0.25, 0.3) is 0 Å². The molecule has 21 heavy (non-hydrogen) atoms. The van der Waals surface area contributed by atoms with E-state index in [0.717, 1.165) is 25.7 Å². The van der Waals surface area contributed by atoms with Crippen LogP contribution in [0.1, 0.15) is 51.9 Å². The maximum absolute atomic E-state index is 13.2. The lowest BCUT2D eigenvalue weighted by Crippen LogP contribution is -2.55. The third kappa shape index (κ3) is 1.29. The van der Waals surface area contributed by atoms with E-state index in [1.54, 1.807) is 0 Å². The molecule has 0 aromatic heterocycles. The number of carbonyl (C=O) groups excluding carboxylic acids is 1. The highest BCUT2D eigenvalue weighted by Crippen LogP contribution is 2.68. The molecule has 4 nitrogen and oxygen atoms in total. The summed E-state index contributed by atoms with van der Waals surface area (Å²) in [6.07, 6.45) is 7.54. The van der Waals surface area contributed by atoms with E-state index in [2.05, 4.69) is 11.8 Å². The van der Waals surface area contributed by atoms with Crippen molar-refractivity contribution in [3.63, 3.8) is 0 Å². The van der Waals surface area contributed by atoms with Crippen LogP contribution < -0.4 is 0 Å². The van der Waals surface area contributed by atoms with Crippen LogP contribution in [-0.2, 0) is 9.53 Å². The van der Waals surface area contributed by atoms with Gasteiger partial charge in [-0.25, -0.2) is 0 Å². The zero-order valence-corrected chi connectivity index (χ0v) is 12.7. The quantitative estimate of drug-likeness (QED) is 0.845. The van der Waals surface area contributed by atoms with E-state index in [1.165, 1.54) is 19.3 Å². The Morgan fingerprint density at radius 3 is 2.76 bits per heavy atom. The summed E-state index contributed by atoms with van der Waals surface area (Å²) in [6, 6.07) is 0.382. The summed E-state index contributed by atoms with van der Waals surface area (Å²) in [5.41, 5.74) is -0.384. The SMILES string of the molecule is CCC12OC3C(O)C4CC3C1C4C(=O)N2C1CCCCC1. The van der Waals surface area contributed by atoms with Gasteiger partial charge in [-0.15, -0.1) is 0 Å². The van der Waals surface area contributed by atoms with E-state index in [0.29, 0.717) is 23.8 Å². The van der Waals surface area contributed by atoms with Gasteiger partial charge >= 0.3 is 0 Å². The molecule has 0 aromatic carbocycles. The molecule has 2 heterocycles. The number of aliphatic hydroxyl groups excluding tert-OH is 1. The summed E-state index contributed by atoms with van der Waals surface area (Å²) in [4.78, 5) is 15.3. The van der Waals surface area contributed by atoms with Gasteiger partial charge in [0.05, 0.1) is 18.1 Å². The Balaban J connectivity index is 1.58. The Morgan fingerprint density at radius 2 is 2.05 bits per heavy atom. The van der Waals surface area contributed by atoms with Crippen LogP contribution in [0.5, 0.6) is 0 Å². The van der Waals surface area contributed by atoms with Crippen LogP contribution in [-0.4, -0.2) is 39.9 Å². The molecule has 116 valence electrons. The number of fused-ring (bicyclic) bond motifs is 2. The molecular formula is C17H25NO3. The van der Waals surface area contributed by atoms with Crippen LogP contribution in [0.15, 0.2) is 0 Å². The van der Waals surface area contributed by atoms with Crippen LogP contribution >= 0.6 is 0 Å². The Hall–Kier alpha value is -0.610. The number of nitrogens with zero attached hydrogens (tertiary/aromatic N) is 1. The molecule has 5 rings (SSSR count). The van der Waals surface area contributed by atoms with Crippen LogP contribution in [0.3, 0.4) is 0 Å². The molecule has 1 N–H and O–H groups in total. The number of ether oxygens (including phenoxy) is 1. The first-order chi connectivity index (χ1) is 10.2. The highest BCUT2D eigenvalue weighted by Gasteiger charge is 2.78. The number of aliphatic hydroxyl groups is 1. The summed E-state index contributed by atoms with van der Waals surface area (Å²) in [6.45, 7) is 2.16. The fourth-order valence-corrected chi connectivity index (χ4v) is 6.63. The first-order valence-electron chi connectivity index (χ1n) is 8.88. The number of rotatable bonds is 2. The predicted octanol–water partition coefficient (Wildman–Crippen LogP) is 1.91. The molecule has 5 fully saturated rings. The molecule has 1 amide bonds. The Labute approximate surface area is 125 Å². The van der Waals surface area contributed by atoms with Crippen molar-refractivity contribution in [3.05, 3.63) is 0 Å². The molecule has 5 aliphatic rings. The van der Waals surface area contributed by atoms with Crippen molar-refractivity contribution >= 4 is 5.91 Å². The largest absolute Gasteiger partial charge is 0.390 e. The summed E-state index contributed by atoms with van der Waals surface area (Å²) in [5.74, 6) is 1.30. The molecule has 7 unspecified atom stereocenters. The van der Waals surface area contributed by atoms with Gasteiger partial charge in [0.15, 0.2) is 0 Å². The summed E-state index contributed by atoms with van der Waals surface area (Å²) in [5, 5.41) is 10.5. The van der Waals surface area contributed by atoms with Crippen molar-refractivity contribution in [3.8, 4) is 0 Å². The summed E-state index contributed by atoms with van der Waals surface area (Å²) in [7, 11) is 0. The zero-order valence-electron chi connectivity index (χ0n) is 12.7. The van der Waals surface area contributed by atoms with E-state index >= 15 is 0 Å². The Bertz CT molecular complexity index is 488. The third-order valence-electron chi connectivity index (χ3n) is 7.29. The topological polar surface area (TPSA) is 49.8 Å². The molecule has 3 saturated carbocycles. The average molecular weight is 291 g/mol. The zero-order chi connectivity index (χ0) is 14.4. The van der Waals surface area contributed by atoms with Gasteiger partial charge in [-0.1, -0.05) is 26.2 Å². The lowest BCUT2D eigenvalue weighted by Gasteiger charge is -2.44. The molecule has 7 atom stereocenters. The second-order valence-electron chi connectivity index (χ2n) is 7.89. The number of hydrogen-bond acceptors (Lipinski definition) is 3. The fourth-order valence-electron chi connectivity index (χ4n) is 6.63. The van der Waals surface area contributed by atoms with Gasteiger partial charge in [-0.3, -0.25) is 4.79 Å². The summed E-state index contributed by atoms with van der Waals surface area (Å²) >= 11 is 0. The second-order valence-corrected chi connectivity index (χ2v) is 7.89. The monoisotopic (exact) mass is 291 g/mol. The molecule has 0 aromatic rings. The minimum atomic E-state index is -0.401. The minimum Gasteiger partial charge on any atom is -0.390 e. The van der Waals surface area contributed by atoms with Crippen molar-refractivity contribution in [2.45, 2.75) is 75.8 Å². The number of likely N-dealkylation sites (tertiary alicyclic amines) is 1. The van der Waals surface area contributed by atoms with E-state index in [-0.39, 0.29) is 23.7 Å². The first-order valence-corrected chi connectivity index (χ1v) is 8.88. The molecule has 0 radical (unpaired) electrons. The van der Waals surface area contributed by atoms with Crippen molar-refractivity contribution in [2.75, 3.05) is 0 Å². The lowest BCUT2D eigenvalue weighted by molar-refractivity contribution is -0.189. The van der Waals surface area contributed by atoms with Crippen LogP contribution in [0.4, 0.5) is 0 Å². The van der Waals surface area contributed by atoms with Crippen LogP contribution in [0, 0.1) is 23.7 Å². The van der Waals surface area contributed by atoms with Gasteiger partial charge in [-0.05, 0) is 37.5 Å². The van der Waals surface area contributed by atoms with E-state index < -0.39 is 6.10 Å². The van der Waals surface area contributed by atoms with Gasteiger partial charge in [0.1, 0.15) is 5.72 Å². The molecule has 3 aliphatic carbocycles. The van der Waals surface area contributed by atoms with Crippen LogP contribution in [0.25, 0.3) is 0 Å². The maximum atomic E-state index is 13.2. The molecule has 2 saturated heterocycles. The Kier molecular flexibility index (Phi) is 2.47. The number of carbonyl (C=O) groups is 1. The van der Waals surface area contributed by atoms with Crippen molar-refractivity contribution in [1.29, 1.82) is 0 Å². The molecule has 0 spiro atoms. The first kappa shape index (κ1) is 12.9. The van der Waals surface area contributed by atoms with Gasteiger partial charge in [0, 0.05) is 12.0 Å². The molecule has 4 heteroatoms. The molecule has 2 aliphatic heterocycles. The fraction of sp³-hybridized carbons (Fsp3) is 0.941. The van der Waals surface area contributed by atoms with E-state index in [1.807, 2.05) is 0 Å². The highest BCUT2D eigenvalue weighted by molar-refractivity contribution is 5.85. The van der Waals surface area contributed by atoms with Crippen molar-refractivity contribution < 1.29 is 14.6 Å².